The minimum absolute atomic E-state index is 0.0707. The summed E-state index contributed by atoms with van der Waals surface area (Å²) in [6.07, 6.45) is 1.76. The largest absolute Gasteiger partial charge is 0.497 e. The molecule has 0 atom stereocenters. The Morgan fingerprint density at radius 1 is 1.16 bits per heavy atom. The van der Waals surface area contributed by atoms with Crippen LogP contribution in [-0.4, -0.2) is 41.4 Å². The van der Waals surface area contributed by atoms with Crippen molar-refractivity contribution in [3.63, 3.8) is 0 Å². The van der Waals surface area contributed by atoms with E-state index in [0.29, 0.717) is 28.2 Å². The first kappa shape index (κ1) is 21.5. The molecule has 0 radical (unpaired) electrons. The number of amidine groups is 2. The molecule has 2 aromatic carbocycles. The van der Waals surface area contributed by atoms with Gasteiger partial charge in [0.2, 0.25) is 5.91 Å². The Morgan fingerprint density at radius 2 is 1.88 bits per heavy atom. The monoisotopic (exact) mass is 447 g/mol. The standard InChI is InChI=1S/C23H21N5O3S/c1-14(26-27-23-25-21(29)13-32-23)17-6-8-18(9-7-17)28-15(2)24-20(22(28)30)12-16-4-10-19(31-3)11-5-16/h4-12H,13H2,1-3H3,(H,25,27,29)/b20-12-,26-14+. The van der Waals surface area contributed by atoms with Crippen LogP contribution in [0.4, 0.5) is 5.69 Å². The van der Waals surface area contributed by atoms with Crippen molar-refractivity contribution in [1.82, 2.24) is 5.32 Å². The van der Waals surface area contributed by atoms with E-state index in [-0.39, 0.29) is 11.8 Å². The fraction of sp³-hybridized carbons (Fsp3) is 0.174. The van der Waals surface area contributed by atoms with Gasteiger partial charge in [-0.3, -0.25) is 14.5 Å². The number of amides is 2. The van der Waals surface area contributed by atoms with Gasteiger partial charge < -0.3 is 10.1 Å². The highest BCUT2D eigenvalue weighted by atomic mass is 32.2. The zero-order valence-corrected chi connectivity index (χ0v) is 18.6. The van der Waals surface area contributed by atoms with Gasteiger partial charge in [0.05, 0.1) is 24.3 Å². The number of hydrogen-bond acceptors (Lipinski definition) is 7. The maximum absolute atomic E-state index is 13.0. The molecule has 0 saturated carbocycles. The second-order valence-electron chi connectivity index (χ2n) is 7.08. The molecule has 1 N–H and O–H groups in total. The van der Waals surface area contributed by atoms with Gasteiger partial charge in [-0.05, 0) is 55.3 Å². The smallest absolute Gasteiger partial charge is 0.282 e. The first-order valence-corrected chi connectivity index (χ1v) is 10.8. The van der Waals surface area contributed by atoms with Crippen LogP contribution in [0.5, 0.6) is 5.75 Å². The molecule has 162 valence electrons. The lowest BCUT2D eigenvalue weighted by Gasteiger charge is -2.16. The number of ether oxygens (including phenoxy) is 1. The Labute approximate surface area is 189 Å². The van der Waals surface area contributed by atoms with Gasteiger partial charge in [-0.25, -0.2) is 4.99 Å². The molecular formula is C23H21N5O3S. The van der Waals surface area contributed by atoms with Crippen LogP contribution in [0.25, 0.3) is 6.08 Å². The number of rotatable bonds is 5. The lowest BCUT2D eigenvalue weighted by Crippen LogP contribution is -2.30. The van der Waals surface area contributed by atoms with Crippen LogP contribution >= 0.6 is 11.8 Å². The van der Waals surface area contributed by atoms with Gasteiger partial charge >= 0.3 is 0 Å². The molecule has 2 aliphatic rings. The number of methoxy groups -OCH3 is 1. The summed E-state index contributed by atoms with van der Waals surface area (Å²) in [4.78, 5) is 30.2. The molecular weight excluding hydrogens is 426 g/mol. The lowest BCUT2D eigenvalue weighted by atomic mass is 10.1. The van der Waals surface area contributed by atoms with E-state index >= 15 is 0 Å². The Kier molecular flexibility index (Phi) is 6.18. The minimum Gasteiger partial charge on any atom is -0.497 e. The number of carbonyl (C=O) groups is 2. The van der Waals surface area contributed by atoms with Crippen LogP contribution in [0.1, 0.15) is 25.0 Å². The molecule has 0 bridgehead atoms. The number of aliphatic imine (C=N–C) groups is 1. The zero-order chi connectivity index (χ0) is 22.7. The third-order valence-electron chi connectivity index (χ3n) is 4.87. The highest BCUT2D eigenvalue weighted by Gasteiger charge is 2.28. The lowest BCUT2D eigenvalue weighted by molar-refractivity contribution is -0.117. The third kappa shape index (κ3) is 4.62. The Hall–Kier alpha value is -3.72. The molecule has 2 aromatic rings. The van der Waals surface area contributed by atoms with E-state index in [1.807, 2.05) is 55.5 Å². The first-order chi connectivity index (χ1) is 15.4. The van der Waals surface area contributed by atoms with E-state index in [9.17, 15) is 9.59 Å². The molecule has 0 spiro atoms. The van der Waals surface area contributed by atoms with E-state index in [2.05, 4.69) is 20.5 Å². The number of nitrogens with one attached hydrogen (secondary N) is 1. The number of hydrogen-bond donors (Lipinski definition) is 1. The van der Waals surface area contributed by atoms with Crippen molar-refractivity contribution in [3.05, 3.63) is 65.4 Å². The van der Waals surface area contributed by atoms with Gasteiger partial charge in [0.25, 0.3) is 5.91 Å². The van der Waals surface area contributed by atoms with E-state index < -0.39 is 0 Å². The summed E-state index contributed by atoms with van der Waals surface area (Å²) < 4.78 is 5.17. The van der Waals surface area contributed by atoms with E-state index in [4.69, 9.17) is 4.74 Å². The average Bonchev–Trinajstić information content (AvgIpc) is 3.34. The average molecular weight is 448 g/mol. The summed E-state index contributed by atoms with van der Waals surface area (Å²) in [5.74, 6) is 1.47. The summed E-state index contributed by atoms with van der Waals surface area (Å²) in [6, 6.07) is 14.9. The number of nitrogens with zero attached hydrogens (tertiary/aromatic N) is 4. The van der Waals surface area contributed by atoms with Crippen LogP contribution in [0.2, 0.25) is 0 Å². The molecule has 1 saturated heterocycles. The molecule has 2 heterocycles. The van der Waals surface area contributed by atoms with Crippen LogP contribution in [0, 0.1) is 0 Å². The molecule has 8 nitrogen and oxygen atoms in total. The number of thioether (sulfide) groups is 1. The van der Waals surface area contributed by atoms with Gasteiger partial charge in [0, 0.05) is 0 Å². The van der Waals surface area contributed by atoms with Crippen molar-refractivity contribution in [2.75, 3.05) is 17.8 Å². The molecule has 2 amide bonds. The highest BCUT2D eigenvalue weighted by molar-refractivity contribution is 8.15. The van der Waals surface area contributed by atoms with Crippen LogP contribution < -0.4 is 15.0 Å². The van der Waals surface area contributed by atoms with Crippen LogP contribution in [0.3, 0.4) is 0 Å². The topological polar surface area (TPSA) is 95.7 Å². The van der Waals surface area contributed by atoms with E-state index in [1.165, 1.54) is 11.8 Å². The molecule has 32 heavy (non-hydrogen) atoms. The number of anilines is 1. The molecule has 4 rings (SSSR count). The number of benzene rings is 2. The normalized spacial score (nSPS) is 19.0. The highest BCUT2D eigenvalue weighted by Crippen LogP contribution is 2.26. The van der Waals surface area contributed by atoms with Crippen molar-refractivity contribution >= 4 is 52.1 Å². The first-order valence-electron chi connectivity index (χ1n) is 9.85. The second kappa shape index (κ2) is 9.19. The fourth-order valence-electron chi connectivity index (χ4n) is 3.20. The number of carbonyl (C=O) groups excluding carboxylic acids is 2. The summed E-state index contributed by atoms with van der Waals surface area (Å²) >= 11 is 1.32. The molecule has 1 fully saturated rings. The van der Waals surface area contributed by atoms with E-state index in [1.54, 1.807) is 25.0 Å². The van der Waals surface area contributed by atoms with Gasteiger partial charge in [-0.2, -0.15) is 5.10 Å². The summed E-state index contributed by atoms with van der Waals surface area (Å²) in [7, 11) is 1.61. The van der Waals surface area contributed by atoms with Crippen molar-refractivity contribution < 1.29 is 14.3 Å². The van der Waals surface area contributed by atoms with Crippen molar-refractivity contribution in [2.45, 2.75) is 13.8 Å². The van der Waals surface area contributed by atoms with Crippen molar-refractivity contribution in [1.29, 1.82) is 0 Å². The summed E-state index contributed by atoms with van der Waals surface area (Å²) in [6.45, 7) is 3.64. The fourth-order valence-corrected chi connectivity index (χ4v) is 3.82. The summed E-state index contributed by atoms with van der Waals surface area (Å²) in [5, 5.41) is 11.4. The van der Waals surface area contributed by atoms with Crippen LogP contribution in [-0.2, 0) is 9.59 Å². The van der Waals surface area contributed by atoms with Gasteiger partial charge in [-0.15, -0.1) is 5.10 Å². The molecule has 9 heteroatoms. The van der Waals surface area contributed by atoms with Crippen molar-refractivity contribution in [2.24, 2.45) is 15.2 Å². The predicted octanol–water partition coefficient (Wildman–Crippen LogP) is 3.44. The van der Waals surface area contributed by atoms with Gasteiger partial charge in [0.1, 0.15) is 17.3 Å². The van der Waals surface area contributed by atoms with E-state index in [0.717, 1.165) is 22.6 Å². The maximum atomic E-state index is 13.0. The predicted molar refractivity (Wildman–Crippen MR) is 128 cm³/mol. The molecule has 0 aliphatic carbocycles. The van der Waals surface area contributed by atoms with Gasteiger partial charge in [0.15, 0.2) is 5.17 Å². The Balaban J connectivity index is 1.50. The molecule has 0 aromatic heterocycles. The zero-order valence-electron chi connectivity index (χ0n) is 17.8. The summed E-state index contributed by atoms with van der Waals surface area (Å²) in [5.41, 5.74) is 3.52. The quantitative estimate of drug-likeness (QED) is 0.431. The Morgan fingerprint density at radius 3 is 2.50 bits per heavy atom. The SMILES string of the molecule is COc1ccc(/C=C2\N=C(C)N(c3ccc(/C(C)=N/N=C4/NC(=O)CS4)cc3)C2=O)cc1. The maximum Gasteiger partial charge on any atom is 0.282 e. The molecule has 0 unspecified atom stereocenters. The third-order valence-corrected chi connectivity index (χ3v) is 5.73. The van der Waals surface area contributed by atoms with Crippen LogP contribution in [0.15, 0.2) is 69.4 Å². The van der Waals surface area contributed by atoms with Gasteiger partial charge in [-0.1, -0.05) is 36.0 Å². The second-order valence-corrected chi connectivity index (χ2v) is 8.04. The minimum atomic E-state index is -0.183. The molecule has 2 aliphatic heterocycles. The Bertz CT molecular complexity index is 1180. The van der Waals surface area contributed by atoms with Crippen molar-refractivity contribution in [3.8, 4) is 5.75 Å².